The molecule has 0 radical (unpaired) electrons. The van der Waals surface area contributed by atoms with Gasteiger partial charge in [0, 0.05) is 12.2 Å². The van der Waals surface area contributed by atoms with E-state index in [-0.39, 0.29) is 0 Å². The summed E-state index contributed by atoms with van der Waals surface area (Å²) in [4.78, 5) is 0. The summed E-state index contributed by atoms with van der Waals surface area (Å²) in [5, 5.41) is 18.5. The van der Waals surface area contributed by atoms with Crippen LogP contribution in [0.1, 0.15) is 28.9 Å². The summed E-state index contributed by atoms with van der Waals surface area (Å²) in [6.45, 7) is 6.95. The SMILES string of the molecule is Cc1cc(NCCCc2cn[nH]c2C)nnc1C. The molecule has 18 heavy (non-hydrogen) atoms. The Morgan fingerprint density at radius 2 is 2.06 bits per heavy atom. The summed E-state index contributed by atoms with van der Waals surface area (Å²) in [7, 11) is 0. The van der Waals surface area contributed by atoms with Crippen LogP contribution < -0.4 is 5.32 Å². The highest BCUT2D eigenvalue weighted by Gasteiger charge is 2.01. The molecule has 0 spiro atoms. The van der Waals surface area contributed by atoms with Gasteiger partial charge in [-0.05, 0) is 50.8 Å². The van der Waals surface area contributed by atoms with Gasteiger partial charge in [0.1, 0.15) is 5.82 Å². The predicted molar refractivity (Wildman–Crippen MR) is 71.6 cm³/mol. The lowest BCUT2D eigenvalue weighted by Crippen LogP contribution is -2.06. The summed E-state index contributed by atoms with van der Waals surface area (Å²) in [5.41, 5.74) is 4.58. The highest BCUT2D eigenvalue weighted by Crippen LogP contribution is 2.09. The number of aryl methyl sites for hydroxylation is 4. The van der Waals surface area contributed by atoms with Crippen molar-refractivity contribution >= 4 is 5.82 Å². The van der Waals surface area contributed by atoms with Gasteiger partial charge < -0.3 is 5.32 Å². The first-order valence-electron chi connectivity index (χ1n) is 6.20. The maximum atomic E-state index is 4.11. The molecule has 96 valence electrons. The molecular weight excluding hydrogens is 226 g/mol. The maximum Gasteiger partial charge on any atom is 0.148 e. The summed E-state index contributed by atoms with van der Waals surface area (Å²) in [5.74, 6) is 0.849. The van der Waals surface area contributed by atoms with Gasteiger partial charge in [-0.3, -0.25) is 5.10 Å². The normalized spacial score (nSPS) is 10.6. The van der Waals surface area contributed by atoms with Crippen molar-refractivity contribution in [1.29, 1.82) is 0 Å². The Hall–Kier alpha value is -1.91. The smallest absolute Gasteiger partial charge is 0.148 e. The molecule has 0 saturated heterocycles. The van der Waals surface area contributed by atoms with Gasteiger partial charge in [-0.25, -0.2) is 0 Å². The lowest BCUT2D eigenvalue weighted by atomic mass is 10.1. The fraction of sp³-hybridized carbons (Fsp3) is 0.462. The van der Waals surface area contributed by atoms with E-state index in [0.717, 1.165) is 42.2 Å². The third-order valence-electron chi connectivity index (χ3n) is 3.09. The average Bonchev–Trinajstić information content (AvgIpc) is 2.75. The van der Waals surface area contributed by atoms with Crippen molar-refractivity contribution in [3.05, 3.63) is 34.8 Å². The topological polar surface area (TPSA) is 66.5 Å². The van der Waals surface area contributed by atoms with Crippen molar-refractivity contribution in [2.45, 2.75) is 33.6 Å². The zero-order valence-electron chi connectivity index (χ0n) is 11.1. The van der Waals surface area contributed by atoms with Crippen molar-refractivity contribution in [2.75, 3.05) is 11.9 Å². The maximum absolute atomic E-state index is 4.11. The minimum Gasteiger partial charge on any atom is -0.369 e. The van der Waals surface area contributed by atoms with Crippen molar-refractivity contribution in [3.63, 3.8) is 0 Å². The Kier molecular flexibility index (Phi) is 3.92. The van der Waals surface area contributed by atoms with Crippen molar-refractivity contribution in [1.82, 2.24) is 20.4 Å². The fourth-order valence-corrected chi connectivity index (χ4v) is 1.76. The molecule has 0 saturated carbocycles. The van der Waals surface area contributed by atoms with E-state index in [1.54, 1.807) is 0 Å². The van der Waals surface area contributed by atoms with Crippen molar-refractivity contribution < 1.29 is 0 Å². The van der Waals surface area contributed by atoms with E-state index < -0.39 is 0 Å². The van der Waals surface area contributed by atoms with Gasteiger partial charge >= 0.3 is 0 Å². The zero-order valence-corrected chi connectivity index (χ0v) is 11.1. The number of rotatable bonds is 5. The summed E-state index contributed by atoms with van der Waals surface area (Å²) in [6.07, 6.45) is 3.97. The molecule has 2 aromatic rings. The van der Waals surface area contributed by atoms with Gasteiger partial charge in [-0.1, -0.05) is 0 Å². The number of hydrogen-bond acceptors (Lipinski definition) is 4. The van der Waals surface area contributed by atoms with Crippen LogP contribution in [0.4, 0.5) is 5.82 Å². The molecule has 2 aromatic heterocycles. The molecule has 5 heteroatoms. The summed E-state index contributed by atoms with van der Waals surface area (Å²) < 4.78 is 0. The summed E-state index contributed by atoms with van der Waals surface area (Å²) >= 11 is 0. The number of H-pyrrole nitrogens is 1. The minimum absolute atomic E-state index is 0.849. The monoisotopic (exact) mass is 245 g/mol. The molecule has 0 atom stereocenters. The molecule has 0 aliphatic heterocycles. The third kappa shape index (κ3) is 3.06. The first-order valence-corrected chi connectivity index (χ1v) is 6.20. The van der Waals surface area contributed by atoms with E-state index in [9.17, 15) is 0 Å². The molecule has 2 heterocycles. The number of aromatic nitrogens is 4. The zero-order chi connectivity index (χ0) is 13.0. The Bertz CT molecular complexity index is 518. The van der Waals surface area contributed by atoms with Gasteiger partial charge in [-0.15, -0.1) is 5.10 Å². The van der Waals surface area contributed by atoms with Crippen LogP contribution in [0.25, 0.3) is 0 Å². The second-order valence-electron chi connectivity index (χ2n) is 4.55. The lowest BCUT2D eigenvalue weighted by molar-refractivity contribution is 0.844. The Morgan fingerprint density at radius 1 is 1.22 bits per heavy atom. The summed E-state index contributed by atoms with van der Waals surface area (Å²) in [6, 6.07) is 2.03. The van der Waals surface area contributed by atoms with Gasteiger partial charge in [0.05, 0.1) is 11.9 Å². The van der Waals surface area contributed by atoms with Crippen LogP contribution in [0.15, 0.2) is 12.3 Å². The van der Waals surface area contributed by atoms with E-state index in [0.29, 0.717) is 0 Å². The highest BCUT2D eigenvalue weighted by atomic mass is 15.2. The number of anilines is 1. The van der Waals surface area contributed by atoms with Crippen LogP contribution in [-0.4, -0.2) is 26.9 Å². The number of nitrogens with one attached hydrogen (secondary N) is 2. The van der Waals surface area contributed by atoms with E-state index in [1.165, 1.54) is 5.56 Å². The molecule has 0 aromatic carbocycles. The Morgan fingerprint density at radius 3 is 2.72 bits per heavy atom. The fourth-order valence-electron chi connectivity index (χ4n) is 1.76. The lowest BCUT2D eigenvalue weighted by Gasteiger charge is -2.06. The highest BCUT2D eigenvalue weighted by molar-refractivity contribution is 5.37. The molecule has 0 aliphatic carbocycles. The Balaban J connectivity index is 1.78. The van der Waals surface area contributed by atoms with Crippen LogP contribution in [-0.2, 0) is 6.42 Å². The largest absolute Gasteiger partial charge is 0.369 e. The van der Waals surface area contributed by atoms with Crippen molar-refractivity contribution in [3.8, 4) is 0 Å². The molecular formula is C13H19N5. The van der Waals surface area contributed by atoms with Gasteiger partial charge in [0.2, 0.25) is 0 Å². The van der Waals surface area contributed by atoms with Gasteiger partial charge in [0.25, 0.3) is 0 Å². The quantitative estimate of drug-likeness (QED) is 0.792. The average molecular weight is 245 g/mol. The predicted octanol–water partition coefficient (Wildman–Crippen LogP) is 2.17. The number of nitrogens with zero attached hydrogens (tertiary/aromatic N) is 3. The molecule has 0 aliphatic rings. The van der Waals surface area contributed by atoms with Crippen LogP contribution in [0.2, 0.25) is 0 Å². The molecule has 0 fully saturated rings. The number of aromatic amines is 1. The molecule has 0 bridgehead atoms. The van der Waals surface area contributed by atoms with Gasteiger partial charge in [-0.2, -0.15) is 10.2 Å². The van der Waals surface area contributed by atoms with Crippen molar-refractivity contribution in [2.24, 2.45) is 0 Å². The molecule has 2 rings (SSSR count). The second kappa shape index (κ2) is 5.62. The standard InChI is InChI=1S/C13H19N5/c1-9-7-13(18-17-10(9)2)14-6-4-5-12-8-15-16-11(12)3/h7-8H,4-6H2,1-3H3,(H,14,18)(H,15,16). The van der Waals surface area contributed by atoms with E-state index in [1.807, 2.05) is 33.0 Å². The van der Waals surface area contributed by atoms with E-state index in [2.05, 4.69) is 25.7 Å². The third-order valence-corrected chi connectivity index (χ3v) is 3.09. The number of hydrogen-bond donors (Lipinski definition) is 2. The van der Waals surface area contributed by atoms with Crippen LogP contribution >= 0.6 is 0 Å². The molecule has 0 amide bonds. The molecule has 5 nitrogen and oxygen atoms in total. The Labute approximate surface area is 107 Å². The van der Waals surface area contributed by atoms with E-state index in [4.69, 9.17) is 0 Å². The second-order valence-corrected chi connectivity index (χ2v) is 4.55. The van der Waals surface area contributed by atoms with Crippen LogP contribution in [0.5, 0.6) is 0 Å². The molecule has 2 N–H and O–H groups in total. The first kappa shape index (κ1) is 12.5. The van der Waals surface area contributed by atoms with Crippen LogP contribution in [0, 0.1) is 20.8 Å². The first-order chi connectivity index (χ1) is 8.66. The van der Waals surface area contributed by atoms with Gasteiger partial charge in [0.15, 0.2) is 0 Å². The minimum atomic E-state index is 0.849. The molecule has 0 unspecified atom stereocenters. The van der Waals surface area contributed by atoms with Crippen LogP contribution in [0.3, 0.4) is 0 Å². The van der Waals surface area contributed by atoms with E-state index >= 15 is 0 Å².